The first-order chi connectivity index (χ1) is 13.7. The van der Waals surface area contributed by atoms with Crippen LogP contribution in [0.4, 0.5) is 0 Å². The van der Waals surface area contributed by atoms with Crippen molar-refractivity contribution in [1.29, 1.82) is 0 Å². The second-order valence-electron chi connectivity index (χ2n) is 7.96. The molecule has 2 unspecified atom stereocenters. The lowest BCUT2D eigenvalue weighted by Crippen LogP contribution is -2.45. The molecule has 1 aliphatic carbocycles. The zero-order chi connectivity index (χ0) is 19.1. The summed E-state index contributed by atoms with van der Waals surface area (Å²) in [6.45, 7) is 0. The molecule has 2 aliphatic heterocycles. The summed E-state index contributed by atoms with van der Waals surface area (Å²) in [6.07, 6.45) is 7.20. The molecule has 0 amide bonds. The van der Waals surface area contributed by atoms with Crippen molar-refractivity contribution in [2.75, 3.05) is 7.11 Å². The molecule has 0 N–H and O–H groups in total. The topological polar surface area (TPSA) is 34.1 Å². The zero-order valence-electron chi connectivity index (χ0n) is 16.1. The second-order valence-corrected chi connectivity index (χ2v) is 8.40. The number of nitrogens with zero attached hydrogens (tertiary/aromatic N) is 2. The van der Waals surface area contributed by atoms with E-state index in [-0.39, 0.29) is 12.3 Å². The van der Waals surface area contributed by atoms with E-state index in [0.717, 1.165) is 39.8 Å². The van der Waals surface area contributed by atoms with Crippen molar-refractivity contribution in [3.05, 3.63) is 58.6 Å². The van der Waals surface area contributed by atoms with E-state index in [4.69, 9.17) is 26.2 Å². The molecule has 5 rings (SSSR count). The number of fused-ring (bicyclic) bond motifs is 3. The van der Waals surface area contributed by atoms with E-state index in [9.17, 15) is 0 Å². The van der Waals surface area contributed by atoms with Crippen molar-refractivity contribution >= 4 is 17.3 Å². The van der Waals surface area contributed by atoms with Crippen molar-refractivity contribution in [2.24, 2.45) is 11.0 Å². The van der Waals surface area contributed by atoms with E-state index in [1.165, 1.54) is 32.1 Å². The summed E-state index contributed by atoms with van der Waals surface area (Å²) in [5, 5.41) is 8.03. The molecule has 5 heteroatoms. The van der Waals surface area contributed by atoms with Gasteiger partial charge in [0.15, 0.2) is 6.23 Å². The zero-order valence-corrected chi connectivity index (χ0v) is 16.9. The highest BCUT2D eigenvalue weighted by atomic mass is 35.5. The fourth-order valence-corrected chi connectivity index (χ4v) is 4.96. The van der Waals surface area contributed by atoms with Crippen LogP contribution in [0.5, 0.6) is 11.5 Å². The molecular weight excluding hydrogens is 372 g/mol. The first-order valence-electron chi connectivity index (χ1n) is 10.2. The number of hydrogen-bond donors (Lipinski definition) is 0. The minimum Gasteiger partial charge on any atom is -0.497 e. The van der Waals surface area contributed by atoms with E-state index in [0.29, 0.717) is 5.92 Å². The van der Waals surface area contributed by atoms with Crippen molar-refractivity contribution in [1.82, 2.24) is 5.01 Å². The molecule has 2 atom stereocenters. The fourth-order valence-electron chi connectivity index (χ4n) is 4.77. The number of methoxy groups -OCH3 is 1. The van der Waals surface area contributed by atoms with E-state index in [1.807, 2.05) is 30.3 Å². The number of hydrogen-bond acceptors (Lipinski definition) is 4. The predicted molar refractivity (Wildman–Crippen MR) is 111 cm³/mol. The van der Waals surface area contributed by atoms with Crippen LogP contribution in [-0.2, 0) is 0 Å². The van der Waals surface area contributed by atoms with Crippen molar-refractivity contribution < 1.29 is 9.47 Å². The van der Waals surface area contributed by atoms with Gasteiger partial charge in [-0.15, -0.1) is 0 Å². The normalized spacial score (nSPS) is 24.2. The van der Waals surface area contributed by atoms with Crippen LogP contribution in [0.1, 0.15) is 55.7 Å². The lowest BCUT2D eigenvalue weighted by Gasteiger charge is -2.42. The van der Waals surface area contributed by atoms with Crippen LogP contribution >= 0.6 is 11.6 Å². The molecule has 2 heterocycles. The molecule has 0 saturated heterocycles. The van der Waals surface area contributed by atoms with Gasteiger partial charge in [0.05, 0.1) is 18.9 Å². The second kappa shape index (κ2) is 7.32. The first-order valence-corrected chi connectivity index (χ1v) is 10.6. The van der Waals surface area contributed by atoms with E-state index < -0.39 is 0 Å². The summed E-state index contributed by atoms with van der Waals surface area (Å²) in [7, 11) is 1.69. The molecule has 0 bridgehead atoms. The Morgan fingerprint density at radius 2 is 1.86 bits per heavy atom. The maximum Gasteiger partial charge on any atom is 0.190 e. The third-order valence-electron chi connectivity index (χ3n) is 6.26. The molecule has 0 radical (unpaired) electrons. The average molecular weight is 397 g/mol. The number of halogens is 1. The lowest BCUT2D eigenvalue weighted by molar-refractivity contribution is -0.0643. The Morgan fingerprint density at radius 3 is 2.61 bits per heavy atom. The highest BCUT2D eigenvalue weighted by molar-refractivity contribution is 6.30. The summed E-state index contributed by atoms with van der Waals surface area (Å²) >= 11 is 6.31. The fraction of sp³-hybridized carbons (Fsp3) is 0.435. The minimum absolute atomic E-state index is 0.00900. The summed E-state index contributed by atoms with van der Waals surface area (Å²) in [5.41, 5.74) is 3.39. The molecule has 0 aromatic heterocycles. The standard InChI is InChI=1S/C23H25ClN2O2/c1-27-18-10-7-15(8-11-18)20-14-21-19-13-17(24)9-12-22(19)28-23(26(21)25-20)16-5-3-2-4-6-16/h7-13,16,21,23H,2-6,14H2,1H3. The molecule has 2 aromatic rings. The average Bonchev–Trinajstić information content (AvgIpc) is 3.20. The number of hydrazone groups is 1. The molecule has 28 heavy (non-hydrogen) atoms. The predicted octanol–water partition coefficient (Wildman–Crippen LogP) is 5.80. The highest BCUT2D eigenvalue weighted by Gasteiger charge is 2.43. The SMILES string of the molecule is COc1ccc(C2=NN3C(C2)c2cc(Cl)ccc2OC3C2CCCCC2)cc1. The molecule has 2 aromatic carbocycles. The van der Waals surface area contributed by atoms with Crippen LogP contribution in [0, 0.1) is 5.92 Å². The monoisotopic (exact) mass is 396 g/mol. The minimum atomic E-state index is 0.00900. The molecule has 0 spiro atoms. The summed E-state index contributed by atoms with van der Waals surface area (Å²) in [5.74, 6) is 2.35. The van der Waals surface area contributed by atoms with Gasteiger partial charge in [-0.1, -0.05) is 30.9 Å². The van der Waals surface area contributed by atoms with Gasteiger partial charge in [-0.3, -0.25) is 0 Å². The van der Waals surface area contributed by atoms with Crippen LogP contribution < -0.4 is 9.47 Å². The van der Waals surface area contributed by atoms with Crippen LogP contribution in [0.25, 0.3) is 0 Å². The largest absolute Gasteiger partial charge is 0.497 e. The van der Waals surface area contributed by atoms with Gasteiger partial charge in [0, 0.05) is 22.9 Å². The van der Waals surface area contributed by atoms with Gasteiger partial charge in [-0.25, -0.2) is 5.01 Å². The Kier molecular flexibility index (Phi) is 4.67. The molecular formula is C23H25ClN2O2. The third-order valence-corrected chi connectivity index (χ3v) is 6.49. The summed E-state index contributed by atoms with van der Waals surface area (Å²) < 4.78 is 11.8. The molecule has 146 valence electrons. The van der Waals surface area contributed by atoms with Crippen LogP contribution in [-0.4, -0.2) is 24.1 Å². The van der Waals surface area contributed by atoms with Gasteiger partial charge < -0.3 is 9.47 Å². The Balaban J connectivity index is 1.51. The molecule has 1 saturated carbocycles. The quantitative estimate of drug-likeness (QED) is 0.657. The Morgan fingerprint density at radius 1 is 1.07 bits per heavy atom. The first kappa shape index (κ1) is 17.9. The van der Waals surface area contributed by atoms with E-state index in [2.05, 4.69) is 17.1 Å². The lowest BCUT2D eigenvalue weighted by atomic mass is 9.86. The maximum absolute atomic E-state index is 6.50. The molecule has 4 nitrogen and oxygen atoms in total. The van der Waals surface area contributed by atoms with Crippen molar-refractivity contribution in [2.45, 2.75) is 50.8 Å². The smallest absolute Gasteiger partial charge is 0.190 e. The molecule has 3 aliphatic rings. The van der Waals surface area contributed by atoms with Crippen molar-refractivity contribution in [3.63, 3.8) is 0 Å². The van der Waals surface area contributed by atoms with Crippen LogP contribution in [0.3, 0.4) is 0 Å². The summed E-state index contributed by atoms with van der Waals surface area (Å²) in [6, 6.07) is 14.3. The van der Waals surface area contributed by atoms with Crippen molar-refractivity contribution in [3.8, 4) is 11.5 Å². The number of benzene rings is 2. The summed E-state index contributed by atoms with van der Waals surface area (Å²) in [4.78, 5) is 0. The van der Waals surface area contributed by atoms with E-state index >= 15 is 0 Å². The van der Waals surface area contributed by atoms with Gasteiger partial charge in [-0.2, -0.15) is 5.10 Å². The Labute approximate surface area is 171 Å². The number of rotatable bonds is 3. The van der Waals surface area contributed by atoms with Crippen LogP contribution in [0.15, 0.2) is 47.6 Å². The Hall–Kier alpha value is -2.20. The Bertz CT molecular complexity index is 890. The van der Waals surface area contributed by atoms with Gasteiger partial charge >= 0.3 is 0 Å². The van der Waals surface area contributed by atoms with Gasteiger partial charge in [0.25, 0.3) is 0 Å². The number of ether oxygens (including phenoxy) is 2. The third kappa shape index (κ3) is 3.14. The molecule has 1 fully saturated rings. The van der Waals surface area contributed by atoms with Gasteiger partial charge in [0.1, 0.15) is 11.5 Å². The van der Waals surface area contributed by atoms with E-state index in [1.54, 1.807) is 7.11 Å². The maximum atomic E-state index is 6.50. The van der Waals surface area contributed by atoms with Gasteiger partial charge in [0.2, 0.25) is 0 Å². The van der Waals surface area contributed by atoms with Gasteiger partial charge in [-0.05, 0) is 60.9 Å². The highest BCUT2D eigenvalue weighted by Crippen LogP contribution is 2.47. The van der Waals surface area contributed by atoms with Crippen LogP contribution in [0.2, 0.25) is 5.02 Å².